The molecule has 4 aromatic rings. The number of imidazole rings is 1. The molecule has 0 radical (unpaired) electrons. The first-order valence-corrected chi connectivity index (χ1v) is 11.6. The zero-order valence-electron chi connectivity index (χ0n) is 18.5. The number of hydrogen-bond acceptors (Lipinski definition) is 4. The van der Waals surface area contributed by atoms with E-state index in [1.54, 1.807) is 24.3 Å². The van der Waals surface area contributed by atoms with E-state index in [-0.39, 0.29) is 17.1 Å². The van der Waals surface area contributed by atoms with Gasteiger partial charge in [-0.2, -0.15) is 5.10 Å². The maximum atomic E-state index is 15.5. The Hall–Kier alpha value is -3.45. The van der Waals surface area contributed by atoms with E-state index in [2.05, 4.69) is 31.1 Å². The average Bonchev–Trinajstić information content (AvgIpc) is 3.20. The number of aromatic amines is 2. The van der Waals surface area contributed by atoms with Crippen molar-refractivity contribution in [3.05, 3.63) is 59.7 Å². The number of benzene rings is 2. The summed E-state index contributed by atoms with van der Waals surface area (Å²) in [6.45, 7) is 5.08. The number of fused-ring (bicyclic) bond motifs is 1. The van der Waals surface area contributed by atoms with E-state index in [1.807, 2.05) is 19.2 Å². The summed E-state index contributed by atoms with van der Waals surface area (Å²) in [4.78, 5) is 10.4. The normalized spacial score (nSPS) is 16.6. The first-order chi connectivity index (χ1) is 16.1. The first-order valence-electron chi connectivity index (χ1n) is 11.6. The summed E-state index contributed by atoms with van der Waals surface area (Å²) in [6, 6.07) is 8.69. The van der Waals surface area contributed by atoms with Crippen LogP contribution in [0.25, 0.3) is 39.1 Å². The number of halogens is 1. The molecular formula is C26H26FN5O. The van der Waals surface area contributed by atoms with E-state index in [4.69, 9.17) is 0 Å². The van der Waals surface area contributed by atoms with Crippen LogP contribution in [0.15, 0.2) is 42.6 Å². The van der Waals surface area contributed by atoms with Crippen LogP contribution < -0.4 is 0 Å². The maximum absolute atomic E-state index is 15.5. The highest BCUT2D eigenvalue weighted by Crippen LogP contribution is 2.35. The molecule has 1 saturated carbocycles. The highest BCUT2D eigenvalue weighted by Gasteiger charge is 2.27. The lowest BCUT2D eigenvalue weighted by molar-refractivity contribution is 0.340. The Kier molecular flexibility index (Phi) is 4.80. The topological polar surface area (TPSA) is 80.8 Å². The summed E-state index contributed by atoms with van der Waals surface area (Å²) < 4.78 is 15.5. The number of hydrogen-bond donors (Lipinski definition) is 3. The van der Waals surface area contributed by atoms with E-state index in [9.17, 15) is 5.11 Å². The average molecular weight is 444 g/mol. The number of H-pyrrole nitrogens is 2. The fraction of sp³-hybridized carbons (Fsp3) is 0.308. The third kappa shape index (κ3) is 3.62. The fourth-order valence-electron chi connectivity index (χ4n) is 4.79. The van der Waals surface area contributed by atoms with Gasteiger partial charge in [-0.1, -0.05) is 25.1 Å². The highest BCUT2D eigenvalue weighted by molar-refractivity contribution is 5.95. The van der Waals surface area contributed by atoms with Gasteiger partial charge in [0.25, 0.3) is 0 Å². The van der Waals surface area contributed by atoms with E-state index in [0.717, 1.165) is 35.8 Å². The van der Waals surface area contributed by atoms with E-state index >= 15 is 4.39 Å². The Morgan fingerprint density at radius 1 is 1.18 bits per heavy atom. The molecule has 3 N–H and O–H groups in total. The van der Waals surface area contributed by atoms with Crippen molar-refractivity contribution in [3.8, 4) is 28.4 Å². The van der Waals surface area contributed by atoms with Gasteiger partial charge in [-0.05, 0) is 60.1 Å². The highest BCUT2D eigenvalue weighted by atomic mass is 19.1. The molecule has 6 nitrogen and oxygen atoms in total. The van der Waals surface area contributed by atoms with Crippen molar-refractivity contribution in [1.29, 1.82) is 0 Å². The summed E-state index contributed by atoms with van der Waals surface area (Å²) in [5.41, 5.74) is 5.35. The van der Waals surface area contributed by atoms with Gasteiger partial charge in [0.15, 0.2) is 11.6 Å². The van der Waals surface area contributed by atoms with Crippen LogP contribution in [0.3, 0.4) is 0 Å². The molecule has 1 aliphatic carbocycles. The van der Waals surface area contributed by atoms with Gasteiger partial charge in [0.2, 0.25) is 0 Å². The lowest BCUT2D eigenvalue weighted by Gasteiger charge is -2.14. The summed E-state index contributed by atoms with van der Waals surface area (Å²) in [5, 5.41) is 17.7. The maximum Gasteiger partial charge on any atom is 0.159 e. The number of phenols is 1. The molecule has 2 aromatic carbocycles. The molecular weight excluding hydrogens is 417 g/mol. The molecule has 1 aliphatic heterocycles. The smallest absolute Gasteiger partial charge is 0.159 e. The van der Waals surface area contributed by atoms with Gasteiger partial charge in [-0.25, -0.2) is 9.37 Å². The lowest BCUT2D eigenvalue weighted by atomic mass is 9.96. The molecule has 6 rings (SSSR count). The fourth-order valence-corrected chi connectivity index (χ4v) is 4.79. The first kappa shape index (κ1) is 20.2. The van der Waals surface area contributed by atoms with Crippen molar-refractivity contribution in [2.24, 2.45) is 5.92 Å². The van der Waals surface area contributed by atoms with Crippen molar-refractivity contribution in [3.63, 3.8) is 0 Å². The van der Waals surface area contributed by atoms with Crippen molar-refractivity contribution >= 4 is 16.5 Å². The quantitative estimate of drug-likeness (QED) is 0.386. The molecule has 1 fully saturated rings. The molecule has 7 heteroatoms. The molecule has 2 aromatic heterocycles. The van der Waals surface area contributed by atoms with Crippen LogP contribution >= 0.6 is 0 Å². The molecule has 0 saturated heterocycles. The zero-order valence-corrected chi connectivity index (χ0v) is 18.5. The predicted octanol–water partition coefficient (Wildman–Crippen LogP) is 5.14. The number of aromatic hydroxyl groups is 1. The predicted molar refractivity (Wildman–Crippen MR) is 127 cm³/mol. The number of nitrogens with one attached hydrogen (secondary N) is 2. The number of phenolic OH excluding ortho intramolecular Hbond substituents is 1. The molecule has 2 aliphatic rings. The number of aromatic nitrogens is 4. The second-order valence-electron chi connectivity index (χ2n) is 9.13. The summed E-state index contributed by atoms with van der Waals surface area (Å²) in [6.07, 6.45) is 7.52. The minimum Gasteiger partial charge on any atom is -0.508 e. The van der Waals surface area contributed by atoms with Crippen molar-refractivity contribution < 1.29 is 9.50 Å². The third-order valence-corrected chi connectivity index (χ3v) is 6.79. The molecule has 168 valence electrons. The Labute approximate surface area is 191 Å². The molecule has 3 heterocycles. The van der Waals surface area contributed by atoms with Gasteiger partial charge in [0.05, 0.1) is 11.9 Å². The minimum absolute atomic E-state index is 0.181. The van der Waals surface area contributed by atoms with Gasteiger partial charge in [0.1, 0.15) is 17.0 Å². The van der Waals surface area contributed by atoms with Crippen molar-refractivity contribution in [2.75, 3.05) is 19.6 Å². The van der Waals surface area contributed by atoms with Crippen molar-refractivity contribution in [1.82, 2.24) is 25.1 Å². The Morgan fingerprint density at radius 2 is 2.03 bits per heavy atom. The zero-order chi connectivity index (χ0) is 22.5. The number of nitrogens with zero attached hydrogens (tertiary/aromatic N) is 3. The van der Waals surface area contributed by atoms with Gasteiger partial charge < -0.3 is 10.1 Å². The monoisotopic (exact) mass is 443 g/mol. The minimum atomic E-state index is -0.378. The Bertz CT molecular complexity index is 1380. The van der Waals surface area contributed by atoms with Gasteiger partial charge >= 0.3 is 0 Å². The molecule has 0 atom stereocenters. The van der Waals surface area contributed by atoms with Crippen molar-refractivity contribution in [2.45, 2.75) is 26.2 Å². The van der Waals surface area contributed by atoms with Crippen LogP contribution in [0.1, 0.15) is 31.0 Å². The van der Waals surface area contributed by atoms with Gasteiger partial charge in [-0.3, -0.25) is 10.00 Å². The van der Waals surface area contributed by atoms with E-state index < -0.39 is 0 Å². The van der Waals surface area contributed by atoms with Crippen LogP contribution in [-0.2, 0) is 6.42 Å². The molecule has 0 amide bonds. The van der Waals surface area contributed by atoms with Gasteiger partial charge in [-0.15, -0.1) is 0 Å². The van der Waals surface area contributed by atoms with Crippen LogP contribution in [0.2, 0.25) is 0 Å². The second-order valence-corrected chi connectivity index (χ2v) is 9.13. The summed E-state index contributed by atoms with van der Waals surface area (Å²) >= 11 is 0. The lowest BCUT2D eigenvalue weighted by Crippen LogP contribution is -2.23. The number of aryl methyl sites for hydroxylation is 1. The van der Waals surface area contributed by atoms with Crippen LogP contribution in [0.4, 0.5) is 4.39 Å². The Morgan fingerprint density at radius 3 is 2.85 bits per heavy atom. The number of rotatable bonds is 6. The van der Waals surface area contributed by atoms with E-state index in [1.165, 1.54) is 25.0 Å². The van der Waals surface area contributed by atoms with Crippen LogP contribution in [0, 0.1) is 11.7 Å². The third-order valence-electron chi connectivity index (χ3n) is 6.79. The molecule has 0 unspecified atom stereocenters. The summed E-state index contributed by atoms with van der Waals surface area (Å²) in [7, 11) is 0. The van der Waals surface area contributed by atoms with Crippen LogP contribution in [0.5, 0.6) is 5.75 Å². The standard InChI is InChI=1S/C26H26FN5O/c1-2-16-11-18(33)5-6-19(16)20-7-8-21-24(23(20)27)30-31-25(21)26-28-12-22(29-26)17-9-10-32(14-17)13-15-3-4-15/h5-9,11-12,15,33H,2-4,10,13-14H2,1H3,(H,28,29)(H,30,31). The largest absolute Gasteiger partial charge is 0.508 e. The SMILES string of the molecule is CCc1cc(O)ccc1-c1ccc2c(-c3ncc(C4=CCN(CC5CC5)C4)[nH]3)[nH]nc2c1F. The van der Waals surface area contributed by atoms with Gasteiger partial charge in [0, 0.05) is 30.6 Å². The second kappa shape index (κ2) is 7.85. The Balaban J connectivity index is 1.31. The summed E-state index contributed by atoms with van der Waals surface area (Å²) in [5.74, 6) is 1.33. The van der Waals surface area contributed by atoms with E-state index in [0.29, 0.717) is 28.9 Å². The van der Waals surface area contributed by atoms with Crippen LogP contribution in [-0.4, -0.2) is 49.8 Å². The molecule has 0 bridgehead atoms. The molecule has 33 heavy (non-hydrogen) atoms. The molecule has 0 spiro atoms.